The minimum atomic E-state index is -3.33. The number of sulfonamides is 1. The van der Waals surface area contributed by atoms with Gasteiger partial charge in [-0.2, -0.15) is 4.31 Å². The van der Waals surface area contributed by atoms with Crippen LogP contribution in [0.25, 0.3) is 0 Å². The topological polar surface area (TPSA) is 88.3 Å². The van der Waals surface area contributed by atoms with Crippen LogP contribution in [0.4, 0.5) is 0 Å². The smallest absolute Gasteiger partial charge is 0.214 e. The molecule has 126 valence electrons. The van der Waals surface area contributed by atoms with Crippen molar-refractivity contribution in [2.75, 3.05) is 18.8 Å². The zero-order chi connectivity index (χ0) is 16.5. The monoisotopic (exact) mass is 330 g/mol. The van der Waals surface area contributed by atoms with E-state index < -0.39 is 15.6 Å². The van der Waals surface area contributed by atoms with Crippen LogP contribution in [0.15, 0.2) is 6.20 Å². The highest BCUT2D eigenvalue weighted by atomic mass is 32.2. The van der Waals surface area contributed by atoms with Gasteiger partial charge in [0.05, 0.1) is 11.9 Å². The molecular formula is C14H26N4O3S. The van der Waals surface area contributed by atoms with Crippen LogP contribution in [-0.2, 0) is 15.6 Å². The van der Waals surface area contributed by atoms with E-state index in [0.717, 1.165) is 0 Å². The summed E-state index contributed by atoms with van der Waals surface area (Å²) in [6.45, 7) is 8.33. The molecule has 1 unspecified atom stereocenters. The van der Waals surface area contributed by atoms with Crippen LogP contribution in [0, 0.1) is 5.92 Å². The van der Waals surface area contributed by atoms with E-state index in [0.29, 0.717) is 31.0 Å². The fraction of sp³-hybridized carbons (Fsp3) is 0.857. The van der Waals surface area contributed by atoms with E-state index >= 15 is 0 Å². The molecule has 1 aliphatic rings. The van der Waals surface area contributed by atoms with Crippen molar-refractivity contribution in [1.82, 2.24) is 19.3 Å². The molecule has 1 aliphatic heterocycles. The van der Waals surface area contributed by atoms with Gasteiger partial charge in [-0.05, 0) is 32.6 Å². The van der Waals surface area contributed by atoms with Gasteiger partial charge in [0, 0.05) is 19.1 Å². The van der Waals surface area contributed by atoms with E-state index in [9.17, 15) is 13.5 Å². The first-order valence-electron chi connectivity index (χ1n) is 7.76. The van der Waals surface area contributed by atoms with Crippen LogP contribution in [0.2, 0.25) is 0 Å². The number of hydrogen-bond acceptors (Lipinski definition) is 5. The zero-order valence-corrected chi connectivity index (χ0v) is 14.5. The molecule has 1 saturated heterocycles. The van der Waals surface area contributed by atoms with E-state index in [2.05, 4.69) is 10.3 Å². The van der Waals surface area contributed by atoms with Crippen molar-refractivity contribution in [2.45, 2.75) is 52.2 Å². The number of aromatic nitrogens is 3. The zero-order valence-electron chi connectivity index (χ0n) is 13.7. The quantitative estimate of drug-likeness (QED) is 0.844. The molecule has 2 heterocycles. The average Bonchev–Trinajstić information content (AvgIpc) is 3.04. The summed E-state index contributed by atoms with van der Waals surface area (Å²) in [6.07, 6.45) is 2.68. The summed E-state index contributed by atoms with van der Waals surface area (Å²) in [6, 6.07) is 0.150. The van der Waals surface area contributed by atoms with Crippen LogP contribution in [0.5, 0.6) is 0 Å². The normalized spacial score (nSPS) is 23.8. The lowest BCUT2D eigenvalue weighted by Gasteiger charge is -2.21. The molecule has 0 amide bonds. The van der Waals surface area contributed by atoms with Crippen molar-refractivity contribution in [1.29, 1.82) is 0 Å². The minimum absolute atomic E-state index is 0.0597. The van der Waals surface area contributed by atoms with Crippen LogP contribution in [-0.4, -0.2) is 51.7 Å². The molecule has 1 aromatic rings. The SMILES string of the molecule is CC(C)CCS(=O)(=O)N1CCC(O)(c2cn(C(C)C)nn2)C1. The highest BCUT2D eigenvalue weighted by Crippen LogP contribution is 2.32. The number of aliphatic hydroxyl groups is 1. The van der Waals surface area contributed by atoms with E-state index in [1.807, 2.05) is 27.7 Å². The Labute approximate surface area is 132 Å². The van der Waals surface area contributed by atoms with E-state index in [4.69, 9.17) is 0 Å². The standard InChI is InChI=1S/C14H26N4O3S/c1-11(2)5-8-22(20,21)17-7-6-14(19,10-17)13-9-18(12(3)4)16-15-13/h9,11-12,19H,5-8,10H2,1-4H3. The van der Waals surface area contributed by atoms with E-state index in [1.165, 1.54) is 4.31 Å². The Morgan fingerprint density at radius 3 is 2.59 bits per heavy atom. The molecule has 8 heteroatoms. The number of β-amino-alcohol motifs (C(OH)–C–C–N with tert-alkyl or cyclic N) is 1. The number of nitrogens with zero attached hydrogens (tertiary/aromatic N) is 4. The number of hydrogen-bond donors (Lipinski definition) is 1. The lowest BCUT2D eigenvalue weighted by molar-refractivity contribution is 0.0484. The third-order valence-electron chi connectivity index (χ3n) is 4.08. The third kappa shape index (κ3) is 3.67. The van der Waals surface area contributed by atoms with Gasteiger partial charge >= 0.3 is 0 Å². The van der Waals surface area contributed by atoms with Gasteiger partial charge in [-0.15, -0.1) is 5.10 Å². The predicted molar refractivity (Wildman–Crippen MR) is 83.7 cm³/mol. The van der Waals surface area contributed by atoms with Crippen LogP contribution in [0.1, 0.15) is 52.3 Å². The molecule has 0 saturated carbocycles. The second kappa shape index (κ2) is 6.25. The second-order valence-corrected chi connectivity index (χ2v) is 8.88. The Bertz CT molecular complexity index is 611. The molecule has 7 nitrogen and oxygen atoms in total. The summed E-state index contributed by atoms with van der Waals surface area (Å²) in [5.74, 6) is 0.460. The van der Waals surface area contributed by atoms with Gasteiger partial charge in [0.2, 0.25) is 10.0 Å². The first-order valence-corrected chi connectivity index (χ1v) is 9.37. The molecule has 22 heavy (non-hydrogen) atoms. The predicted octanol–water partition coefficient (Wildman–Crippen LogP) is 1.13. The molecule has 0 radical (unpaired) electrons. The first kappa shape index (κ1) is 17.4. The Hall–Kier alpha value is -0.990. The van der Waals surface area contributed by atoms with Gasteiger partial charge in [0.15, 0.2) is 0 Å². The van der Waals surface area contributed by atoms with Gasteiger partial charge in [0.1, 0.15) is 11.3 Å². The molecule has 0 aromatic carbocycles. The largest absolute Gasteiger partial charge is 0.382 e. The molecule has 2 rings (SSSR count). The molecule has 1 N–H and O–H groups in total. The first-order chi connectivity index (χ1) is 10.1. The molecule has 1 aromatic heterocycles. The Morgan fingerprint density at radius 1 is 1.36 bits per heavy atom. The fourth-order valence-electron chi connectivity index (χ4n) is 2.46. The third-order valence-corrected chi connectivity index (χ3v) is 5.93. The van der Waals surface area contributed by atoms with Gasteiger partial charge in [0.25, 0.3) is 0 Å². The van der Waals surface area contributed by atoms with Crippen molar-refractivity contribution < 1.29 is 13.5 Å². The van der Waals surface area contributed by atoms with Crippen LogP contribution < -0.4 is 0 Å². The molecular weight excluding hydrogens is 304 g/mol. The van der Waals surface area contributed by atoms with Crippen molar-refractivity contribution in [3.63, 3.8) is 0 Å². The summed E-state index contributed by atoms with van der Waals surface area (Å²) in [4.78, 5) is 0. The maximum atomic E-state index is 12.3. The molecule has 0 aliphatic carbocycles. The summed E-state index contributed by atoms with van der Waals surface area (Å²) in [7, 11) is -3.33. The summed E-state index contributed by atoms with van der Waals surface area (Å²) < 4.78 is 27.7. The van der Waals surface area contributed by atoms with E-state index in [-0.39, 0.29) is 18.3 Å². The summed E-state index contributed by atoms with van der Waals surface area (Å²) in [5.41, 5.74) is -0.791. The van der Waals surface area contributed by atoms with Crippen molar-refractivity contribution in [3.05, 3.63) is 11.9 Å². The lowest BCUT2D eigenvalue weighted by atomic mass is 10.00. The summed E-state index contributed by atoms with van der Waals surface area (Å²) >= 11 is 0. The minimum Gasteiger partial charge on any atom is -0.382 e. The van der Waals surface area contributed by atoms with Gasteiger partial charge in [-0.3, -0.25) is 0 Å². The fourth-order valence-corrected chi connectivity index (χ4v) is 4.27. The molecule has 0 bridgehead atoms. The van der Waals surface area contributed by atoms with Gasteiger partial charge < -0.3 is 5.11 Å². The maximum Gasteiger partial charge on any atom is 0.214 e. The maximum absolute atomic E-state index is 12.3. The van der Waals surface area contributed by atoms with Gasteiger partial charge in [-0.25, -0.2) is 13.1 Å². The van der Waals surface area contributed by atoms with Crippen molar-refractivity contribution >= 4 is 10.0 Å². The Morgan fingerprint density at radius 2 is 2.05 bits per heavy atom. The highest BCUT2D eigenvalue weighted by Gasteiger charge is 2.44. The van der Waals surface area contributed by atoms with Crippen LogP contribution >= 0.6 is 0 Å². The molecule has 0 spiro atoms. The average molecular weight is 330 g/mol. The van der Waals surface area contributed by atoms with Crippen molar-refractivity contribution in [3.8, 4) is 0 Å². The van der Waals surface area contributed by atoms with Crippen LogP contribution in [0.3, 0.4) is 0 Å². The Balaban J connectivity index is 2.10. The second-order valence-electron chi connectivity index (χ2n) is 6.79. The highest BCUT2D eigenvalue weighted by molar-refractivity contribution is 7.89. The Kier molecular flexibility index (Phi) is 4.93. The molecule has 1 fully saturated rings. The number of rotatable bonds is 6. The van der Waals surface area contributed by atoms with E-state index in [1.54, 1.807) is 10.9 Å². The lowest BCUT2D eigenvalue weighted by Crippen LogP contribution is -2.36. The van der Waals surface area contributed by atoms with Gasteiger partial charge in [-0.1, -0.05) is 19.1 Å². The summed E-state index contributed by atoms with van der Waals surface area (Å²) in [5, 5.41) is 18.8. The van der Waals surface area contributed by atoms with Crippen molar-refractivity contribution in [2.24, 2.45) is 5.92 Å². The molecule has 1 atom stereocenters.